The van der Waals surface area contributed by atoms with E-state index in [1.165, 1.54) is 24.8 Å². The highest BCUT2D eigenvalue weighted by atomic mass is 16.4. The van der Waals surface area contributed by atoms with E-state index in [9.17, 15) is 9.90 Å². The molecule has 1 aliphatic heterocycles. The number of nitrogens with zero attached hydrogens (tertiary/aromatic N) is 1. The number of hydrogen-bond donors (Lipinski definition) is 1. The number of rotatable bonds is 3. The van der Waals surface area contributed by atoms with E-state index >= 15 is 0 Å². The molecule has 0 aromatic heterocycles. The Morgan fingerprint density at radius 1 is 1.25 bits per heavy atom. The zero-order chi connectivity index (χ0) is 14.1. The molecule has 2 aliphatic rings. The highest BCUT2D eigenvalue weighted by Gasteiger charge is 2.47. The van der Waals surface area contributed by atoms with Crippen LogP contribution in [0.2, 0.25) is 0 Å². The first kappa shape index (κ1) is 13.6. The predicted molar refractivity (Wildman–Crippen MR) is 78.5 cm³/mol. The Hall–Kier alpha value is -1.35. The van der Waals surface area contributed by atoms with Crippen molar-refractivity contribution in [3.05, 3.63) is 35.9 Å². The number of carboxylic acids is 1. The summed E-state index contributed by atoms with van der Waals surface area (Å²) in [7, 11) is 0. The second-order valence-electron chi connectivity index (χ2n) is 6.24. The van der Waals surface area contributed by atoms with Crippen molar-refractivity contribution in [2.24, 2.45) is 5.92 Å². The Morgan fingerprint density at radius 2 is 1.95 bits per heavy atom. The van der Waals surface area contributed by atoms with Gasteiger partial charge in [-0.25, -0.2) is 0 Å². The van der Waals surface area contributed by atoms with Crippen LogP contribution in [-0.2, 0) is 4.79 Å². The molecule has 1 heterocycles. The van der Waals surface area contributed by atoms with Gasteiger partial charge in [0.2, 0.25) is 0 Å². The molecule has 20 heavy (non-hydrogen) atoms. The summed E-state index contributed by atoms with van der Waals surface area (Å²) in [6.07, 6.45) is 5.70. The Morgan fingerprint density at radius 3 is 2.65 bits per heavy atom. The zero-order valence-electron chi connectivity index (χ0n) is 12.0. The molecule has 0 bridgehead atoms. The van der Waals surface area contributed by atoms with E-state index < -0.39 is 5.97 Å². The van der Waals surface area contributed by atoms with Crippen LogP contribution in [0.25, 0.3) is 0 Å². The lowest BCUT2D eigenvalue weighted by Gasteiger charge is -2.37. The van der Waals surface area contributed by atoms with Crippen LogP contribution in [0.3, 0.4) is 0 Å². The van der Waals surface area contributed by atoms with E-state index in [2.05, 4.69) is 24.0 Å². The predicted octanol–water partition coefficient (Wildman–Crippen LogP) is 3.47. The molecule has 4 atom stereocenters. The molecule has 1 aromatic carbocycles. The molecular formula is C17H23NO2. The summed E-state index contributed by atoms with van der Waals surface area (Å²) in [6.45, 7) is 2.16. The van der Waals surface area contributed by atoms with Crippen LogP contribution in [-0.4, -0.2) is 28.1 Å². The first-order chi connectivity index (χ1) is 9.68. The number of carbonyl (C=O) groups is 1. The van der Waals surface area contributed by atoms with Crippen LogP contribution in [0, 0.1) is 5.92 Å². The van der Waals surface area contributed by atoms with Gasteiger partial charge in [-0.1, -0.05) is 43.2 Å². The van der Waals surface area contributed by atoms with Crippen molar-refractivity contribution in [3.8, 4) is 0 Å². The molecule has 1 N–H and O–H groups in total. The van der Waals surface area contributed by atoms with Crippen LogP contribution in [0.4, 0.5) is 0 Å². The lowest BCUT2D eigenvalue weighted by molar-refractivity contribution is -0.143. The van der Waals surface area contributed by atoms with Gasteiger partial charge in [-0.15, -0.1) is 0 Å². The van der Waals surface area contributed by atoms with Crippen molar-refractivity contribution in [2.45, 2.75) is 57.2 Å². The maximum absolute atomic E-state index is 11.6. The smallest absolute Gasteiger partial charge is 0.320 e. The fourth-order valence-corrected chi connectivity index (χ4v) is 4.18. The number of carboxylic acid groups (broad SMARTS) is 1. The second kappa shape index (κ2) is 5.57. The third-order valence-electron chi connectivity index (χ3n) is 5.15. The van der Waals surface area contributed by atoms with Crippen molar-refractivity contribution < 1.29 is 9.90 Å². The molecule has 1 aromatic rings. The third-order valence-corrected chi connectivity index (χ3v) is 5.15. The van der Waals surface area contributed by atoms with Gasteiger partial charge in [0.1, 0.15) is 6.04 Å². The average Bonchev–Trinajstić information content (AvgIpc) is 2.87. The standard InChI is InChI=1S/C17H23NO2/c1-12(13-7-3-2-4-8-13)18-15-10-6-5-9-14(15)11-16(18)17(19)20/h2-4,7-8,12,14-16H,5-6,9-11H2,1H3,(H,19,20). The summed E-state index contributed by atoms with van der Waals surface area (Å²) in [5.41, 5.74) is 1.23. The maximum atomic E-state index is 11.6. The summed E-state index contributed by atoms with van der Waals surface area (Å²) in [5.74, 6) is -0.0711. The van der Waals surface area contributed by atoms with Gasteiger partial charge in [-0.3, -0.25) is 9.69 Å². The Labute approximate surface area is 120 Å². The van der Waals surface area contributed by atoms with E-state index in [0.29, 0.717) is 12.0 Å². The minimum Gasteiger partial charge on any atom is -0.480 e. The molecule has 0 amide bonds. The van der Waals surface area contributed by atoms with Gasteiger partial charge < -0.3 is 5.11 Å². The van der Waals surface area contributed by atoms with Crippen LogP contribution < -0.4 is 0 Å². The summed E-state index contributed by atoms with van der Waals surface area (Å²) in [4.78, 5) is 13.9. The molecule has 1 saturated heterocycles. The van der Waals surface area contributed by atoms with Crippen LogP contribution in [0.5, 0.6) is 0 Å². The first-order valence-corrected chi connectivity index (χ1v) is 7.73. The number of hydrogen-bond acceptors (Lipinski definition) is 2. The molecule has 3 rings (SSSR count). The second-order valence-corrected chi connectivity index (χ2v) is 6.24. The maximum Gasteiger partial charge on any atom is 0.320 e. The summed E-state index contributed by atoms with van der Waals surface area (Å²) in [6, 6.07) is 10.6. The van der Waals surface area contributed by atoms with Crippen molar-refractivity contribution in [1.29, 1.82) is 0 Å². The largest absolute Gasteiger partial charge is 0.480 e. The normalized spacial score (nSPS) is 31.8. The lowest BCUT2D eigenvalue weighted by Crippen LogP contribution is -2.43. The van der Waals surface area contributed by atoms with Gasteiger partial charge >= 0.3 is 5.97 Å². The fraction of sp³-hybridized carbons (Fsp3) is 0.588. The van der Waals surface area contributed by atoms with Gasteiger partial charge in [-0.2, -0.15) is 0 Å². The van der Waals surface area contributed by atoms with Crippen molar-refractivity contribution in [3.63, 3.8) is 0 Å². The van der Waals surface area contributed by atoms with E-state index in [1.807, 2.05) is 18.2 Å². The molecule has 4 unspecified atom stereocenters. The highest BCUT2D eigenvalue weighted by molar-refractivity contribution is 5.74. The molecule has 3 heteroatoms. The van der Waals surface area contributed by atoms with E-state index in [1.54, 1.807) is 0 Å². The first-order valence-electron chi connectivity index (χ1n) is 7.73. The van der Waals surface area contributed by atoms with Gasteiger partial charge in [0.25, 0.3) is 0 Å². The number of aliphatic carboxylic acids is 1. The molecule has 3 nitrogen and oxygen atoms in total. The topological polar surface area (TPSA) is 40.5 Å². The van der Waals surface area contributed by atoms with Crippen LogP contribution >= 0.6 is 0 Å². The zero-order valence-corrected chi connectivity index (χ0v) is 12.0. The number of benzene rings is 1. The minimum absolute atomic E-state index is 0.186. The van der Waals surface area contributed by atoms with Gasteiger partial charge in [0, 0.05) is 12.1 Å². The average molecular weight is 273 g/mol. The molecule has 108 valence electrons. The van der Waals surface area contributed by atoms with Gasteiger partial charge in [0.05, 0.1) is 0 Å². The van der Waals surface area contributed by atoms with E-state index in [-0.39, 0.29) is 12.1 Å². The Balaban J connectivity index is 1.89. The fourth-order valence-electron chi connectivity index (χ4n) is 4.18. The number of fused-ring (bicyclic) bond motifs is 1. The summed E-state index contributed by atoms with van der Waals surface area (Å²) >= 11 is 0. The minimum atomic E-state index is -0.651. The SMILES string of the molecule is CC(c1ccccc1)N1C(C(=O)O)CC2CCCCC21. The quantitative estimate of drug-likeness (QED) is 0.916. The van der Waals surface area contributed by atoms with Gasteiger partial charge in [0.15, 0.2) is 0 Å². The molecule has 1 aliphatic carbocycles. The molecule has 2 fully saturated rings. The molecule has 1 saturated carbocycles. The summed E-state index contributed by atoms with van der Waals surface area (Å²) < 4.78 is 0. The molecular weight excluding hydrogens is 250 g/mol. The summed E-state index contributed by atoms with van der Waals surface area (Å²) in [5, 5.41) is 9.58. The lowest BCUT2D eigenvalue weighted by atomic mass is 9.84. The van der Waals surface area contributed by atoms with Crippen molar-refractivity contribution in [2.75, 3.05) is 0 Å². The Kier molecular flexibility index (Phi) is 3.79. The number of likely N-dealkylation sites (tertiary alicyclic amines) is 1. The van der Waals surface area contributed by atoms with Crippen LogP contribution in [0.1, 0.15) is 50.6 Å². The van der Waals surface area contributed by atoms with Crippen molar-refractivity contribution >= 4 is 5.97 Å². The van der Waals surface area contributed by atoms with E-state index in [0.717, 1.165) is 12.8 Å². The third kappa shape index (κ3) is 2.35. The highest BCUT2D eigenvalue weighted by Crippen LogP contribution is 2.43. The monoisotopic (exact) mass is 273 g/mol. The molecule has 0 spiro atoms. The molecule has 0 radical (unpaired) electrons. The van der Waals surface area contributed by atoms with E-state index in [4.69, 9.17) is 0 Å². The van der Waals surface area contributed by atoms with Crippen LogP contribution in [0.15, 0.2) is 30.3 Å². The van der Waals surface area contributed by atoms with Gasteiger partial charge in [-0.05, 0) is 37.7 Å². The van der Waals surface area contributed by atoms with Crippen molar-refractivity contribution in [1.82, 2.24) is 4.90 Å². The Bertz CT molecular complexity index is 473.